The molecule has 1 aliphatic rings. The molecule has 0 aliphatic carbocycles. The molecule has 0 unspecified atom stereocenters. The predicted molar refractivity (Wildman–Crippen MR) is 45.4 cm³/mol. The molecule has 0 saturated carbocycles. The van der Waals surface area contributed by atoms with Gasteiger partial charge in [0.25, 0.3) is 0 Å². The summed E-state index contributed by atoms with van der Waals surface area (Å²) in [5, 5.41) is 0. The normalized spacial score (nSPS) is 31.5. The fourth-order valence-corrected chi connectivity index (χ4v) is 2.39. The van der Waals surface area contributed by atoms with E-state index in [9.17, 15) is 4.79 Å². The van der Waals surface area contributed by atoms with Crippen LogP contribution in [0.4, 0.5) is 0 Å². The molecule has 4 heteroatoms. The Hall–Kier alpha value is -0.220. The Morgan fingerprint density at radius 3 is 3.00 bits per heavy atom. The molecule has 1 aliphatic heterocycles. The van der Waals surface area contributed by atoms with E-state index in [1.807, 2.05) is 0 Å². The first kappa shape index (κ1) is 8.87. The number of hydrogen-bond donors (Lipinski definition) is 1. The van der Waals surface area contributed by atoms with Crippen molar-refractivity contribution < 1.29 is 9.53 Å². The summed E-state index contributed by atoms with van der Waals surface area (Å²) in [6.45, 7) is 0. The second-order valence-electron chi connectivity index (χ2n) is 2.66. The quantitative estimate of drug-likeness (QED) is 0.580. The van der Waals surface area contributed by atoms with Crippen LogP contribution in [0.3, 0.4) is 0 Å². The molecule has 3 nitrogen and oxygen atoms in total. The van der Waals surface area contributed by atoms with Gasteiger partial charge in [-0.2, -0.15) is 11.8 Å². The highest BCUT2D eigenvalue weighted by Crippen LogP contribution is 2.22. The number of hydrogen-bond acceptors (Lipinski definition) is 4. The molecule has 0 aromatic heterocycles. The molecular weight excluding hydrogens is 162 g/mol. The van der Waals surface area contributed by atoms with Gasteiger partial charge in [-0.05, 0) is 12.2 Å². The first-order valence-electron chi connectivity index (χ1n) is 3.67. The van der Waals surface area contributed by atoms with Gasteiger partial charge >= 0.3 is 5.97 Å². The van der Waals surface area contributed by atoms with Gasteiger partial charge in [-0.1, -0.05) is 0 Å². The molecule has 0 aromatic rings. The molecule has 2 atom stereocenters. The number of methoxy groups -OCH3 is 1. The highest BCUT2D eigenvalue weighted by Gasteiger charge is 2.29. The highest BCUT2D eigenvalue weighted by atomic mass is 32.2. The molecule has 1 heterocycles. The van der Waals surface area contributed by atoms with Crippen molar-refractivity contribution in [2.75, 3.05) is 18.6 Å². The zero-order valence-electron chi connectivity index (χ0n) is 6.58. The van der Waals surface area contributed by atoms with Crippen LogP contribution in [0.5, 0.6) is 0 Å². The molecule has 0 aromatic carbocycles. The predicted octanol–water partition coefficient (Wildman–Crippen LogP) is 0.240. The van der Waals surface area contributed by atoms with Gasteiger partial charge in [-0.25, -0.2) is 0 Å². The van der Waals surface area contributed by atoms with Crippen LogP contribution in [-0.2, 0) is 9.53 Å². The Labute approximate surface area is 70.7 Å². The lowest BCUT2D eigenvalue weighted by molar-refractivity contribution is -0.145. The Bertz CT molecular complexity index is 151. The first-order chi connectivity index (χ1) is 5.25. The number of ether oxygens (including phenoxy) is 1. The van der Waals surface area contributed by atoms with Crippen molar-refractivity contribution in [3.63, 3.8) is 0 Å². The molecule has 1 rings (SSSR count). The fourth-order valence-electron chi connectivity index (χ4n) is 1.15. The molecule has 0 bridgehead atoms. The molecule has 0 spiro atoms. The van der Waals surface area contributed by atoms with E-state index in [-0.39, 0.29) is 17.9 Å². The van der Waals surface area contributed by atoms with E-state index in [0.29, 0.717) is 0 Å². The first-order valence-corrected chi connectivity index (χ1v) is 4.82. The summed E-state index contributed by atoms with van der Waals surface area (Å²) < 4.78 is 4.63. The Morgan fingerprint density at radius 2 is 2.45 bits per heavy atom. The monoisotopic (exact) mass is 175 g/mol. The van der Waals surface area contributed by atoms with Gasteiger partial charge in [-0.15, -0.1) is 0 Å². The van der Waals surface area contributed by atoms with Crippen molar-refractivity contribution in [2.24, 2.45) is 11.7 Å². The third-order valence-electron chi connectivity index (χ3n) is 1.91. The molecule has 0 radical (unpaired) electrons. The average Bonchev–Trinajstić information content (AvgIpc) is 2.04. The van der Waals surface area contributed by atoms with Crippen LogP contribution in [0.15, 0.2) is 0 Å². The topological polar surface area (TPSA) is 52.3 Å². The van der Waals surface area contributed by atoms with Crippen molar-refractivity contribution in [1.82, 2.24) is 0 Å². The zero-order valence-corrected chi connectivity index (χ0v) is 7.39. The molecule has 2 N–H and O–H groups in total. The van der Waals surface area contributed by atoms with E-state index in [1.54, 1.807) is 11.8 Å². The summed E-state index contributed by atoms with van der Waals surface area (Å²) in [6.07, 6.45) is 0.921. The smallest absolute Gasteiger partial charge is 0.311 e. The van der Waals surface area contributed by atoms with Crippen molar-refractivity contribution in [1.29, 1.82) is 0 Å². The van der Waals surface area contributed by atoms with Crippen LogP contribution >= 0.6 is 11.8 Å². The van der Waals surface area contributed by atoms with Gasteiger partial charge in [0.1, 0.15) is 0 Å². The number of rotatable bonds is 1. The largest absolute Gasteiger partial charge is 0.469 e. The van der Waals surface area contributed by atoms with Gasteiger partial charge in [0.15, 0.2) is 0 Å². The van der Waals surface area contributed by atoms with Crippen molar-refractivity contribution in [2.45, 2.75) is 12.5 Å². The van der Waals surface area contributed by atoms with Crippen LogP contribution in [0.1, 0.15) is 6.42 Å². The molecule has 1 saturated heterocycles. The maximum Gasteiger partial charge on any atom is 0.311 e. The van der Waals surface area contributed by atoms with Gasteiger partial charge in [0.05, 0.1) is 13.0 Å². The van der Waals surface area contributed by atoms with Crippen LogP contribution in [0.25, 0.3) is 0 Å². The van der Waals surface area contributed by atoms with Gasteiger partial charge in [0.2, 0.25) is 0 Å². The maximum absolute atomic E-state index is 11.1. The molecule has 64 valence electrons. The summed E-state index contributed by atoms with van der Waals surface area (Å²) >= 11 is 1.77. The van der Waals surface area contributed by atoms with E-state index in [2.05, 4.69) is 4.74 Å². The SMILES string of the molecule is COC(=O)[C@@H]1CSCC[C@@H]1N. The number of esters is 1. The van der Waals surface area contributed by atoms with E-state index >= 15 is 0 Å². The molecule has 0 amide bonds. The number of thioether (sulfide) groups is 1. The van der Waals surface area contributed by atoms with Crippen LogP contribution < -0.4 is 5.73 Å². The summed E-state index contributed by atoms with van der Waals surface area (Å²) in [6, 6.07) is 0.00343. The zero-order chi connectivity index (χ0) is 8.27. The standard InChI is InChI=1S/C7H13NO2S/c1-10-7(9)5-4-11-3-2-6(5)8/h5-6H,2-4,8H2,1H3/t5-,6+/m1/s1. The third-order valence-corrected chi connectivity index (χ3v) is 3.03. The lowest BCUT2D eigenvalue weighted by atomic mass is 10.0. The second kappa shape index (κ2) is 3.97. The third kappa shape index (κ3) is 2.10. The van der Waals surface area contributed by atoms with Gasteiger partial charge < -0.3 is 10.5 Å². The minimum atomic E-state index is -0.162. The van der Waals surface area contributed by atoms with Crippen molar-refractivity contribution in [3.8, 4) is 0 Å². The average molecular weight is 175 g/mol. The highest BCUT2D eigenvalue weighted by molar-refractivity contribution is 7.99. The Balaban J connectivity index is 2.47. The molecular formula is C7H13NO2S. The van der Waals surface area contributed by atoms with E-state index in [0.717, 1.165) is 17.9 Å². The molecule has 1 fully saturated rings. The van der Waals surface area contributed by atoms with Crippen molar-refractivity contribution in [3.05, 3.63) is 0 Å². The minimum absolute atomic E-state index is 0.00343. The molecule has 11 heavy (non-hydrogen) atoms. The number of carbonyl (C=O) groups excluding carboxylic acids is 1. The van der Waals surface area contributed by atoms with Crippen molar-refractivity contribution >= 4 is 17.7 Å². The van der Waals surface area contributed by atoms with Gasteiger partial charge in [0, 0.05) is 11.8 Å². The summed E-state index contributed by atoms with van der Waals surface area (Å²) in [5.74, 6) is 1.63. The van der Waals surface area contributed by atoms with E-state index in [4.69, 9.17) is 5.73 Å². The summed E-state index contributed by atoms with van der Waals surface area (Å²) in [4.78, 5) is 11.1. The van der Waals surface area contributed by atoms with Crippen LogP contribution in [0.2, 0.25) is 0 Å². The second-order valence-corrected chi connectivity index (χ2v) is 3.81. The van der Waals surface area contributed by atoms with Crippen LogP contribution in [-0.4, -0.2) is 30.6 Å². The Kier molecular flexibility index (Phi) is 3.20. The lowest BCUT2D eigenvalue weighted by Gasteiger charge is -2.25. The van der Waals surface area contributed by atoms with Crippen LogP contribution in [0, 0.1) is 5.92 Å². The number of carbonyl (C=O) groups is 1. The minimum Gasteiger partial charge on any atom is -0.469 e. The fraction of sp³-hybridized carbons (Fsp3) is 0.857. The van der Waals surface area contributed by atoms with E-state index < -0.39 is 0 Å². The summed E-state index contributed by atoms with van der Waals surface area (Å²) in [5.41, 5.74) is 5.74. The number of nitrogens with two attached hydrogens (primary N) is 1. The maximum atomic E-state index is 11.1. The van der Waals surface area contributed by atoms with E-state index in [1.165, 1.54) is 7.11 Å². The van der Waals surface area contributed by atoms with Gasteiger partial charge in [-0.3, -0.25) is 4.79 Å². The Morgan fingerprint density at radius 1 is 1.73 bits per heavy atom. The summed E-state index contributed by atoms with van der Waals surface area (Å²) in [7, 11) is 1.41. The lowest BCUT2D eigenvalue weighted by Crippen LogP contribution is -2.40.